The summed E-state index contributed by atoms with van der Waals surface area (Å²) < 4.78 is 0. The maximum Gasteiger partial charge on any atom is 0.254 e. The summed E-state index contributed by atoms with van der Waals surface area (Å²) in [7, 11) is 0. The SMILES string of the molecule is CCN1CCN(c2nc(-c3ccccc3)nc3c2CN(C(=O)c2cc(Cl)cc(Cl)c2)CC3)CC1. The van der Waals surface area contributed by atoms with Gasteiger partial charge in [-0.05, 0) is 24.7 Å². The number of amides is 1. The van der Waals surface area contributed by atoms with Crippen LogP contribution in [0, 0.1) is 0 Å². The molecule has 0 aliphatic carbocycles. The minimum atomic E-state index is -0.0797. The molecule has 0 bridgehead atoms. The van der Waals surface area contributed by atoms with Crippen LogP contribution >= 0.6 is 23.2 Å². The van der Waals surface area contributed by atoms with E-state index in [1.54, 1.807) is 18.2 Å². The van der Waals surface area contributed by atoms with Gasteiger partial charge in [-0.2, -0.15) is 0 Å². The Morgan fingerprint density at radius 1 is 0.941 bits per heavy atom. The van der Waals surface area contributed by atoms with E-state index in [-0.39, 0.29) is 5.91 Å². The molecule has 5 rings (SSSR count). The van der Waals surface area contributed by atoms with Crippen LogP contribution in [0.1, 0.15) is 28.5 Å². The number of benzene rings is 2. The van der Waals surface area contributed by atoms with Crippen molar-refractivity contribution in [3.05, 3.63) is 75.4 Å². The van der Waals surface area contributed by atoms with Crippen LogP contribution < -0.4 is 4.90 Å². The molecule has 34 heavy (non-hydrogen) atoms. The van der Waals surface area contributed by atoms with E-state index < -0.39 is 0 Å². The molecule has 176 valence electrons. The predicted molar refractivity (Wildman–Crippen MR) is 137 cm³/mol. The minimum Gasteiger partial charge on any atom is -0.354 e. The van der Waals surface area contributed by atoms with Gasteiger partial charge < -0.3 is 14.7 Å². The van der Waals surface area contributed by atoms with Gasteiger partial charge in [-0.1, -0.05) is 60.5 Å². The predicted octanol–water partition coefficient (Wildman–Crippen LogP) is 4.79. The largest absolute Gasteiger partial charge is 0.354 e. The molecule has 0 spiro atoms. The molecular weight excluding hydrogens is 469 g/mol. The van der Waals surface area contributed by atoms with Gasteiger partial charge >= 0.3 is 0 Å². The number of aromatic nitrogens is 2. The zero-order valence-corrected chi connectivity index (χ0v) is 20.7. The van der Waals surface area contributed by atoms with E-state index >= 15 is 0 Å². The molecule has 0 N–H and O–H groups in total. The molecule has 1 saturated heterocycles. The van der Waals surface area contributed by atoms with Crippen molar-refractivity contribution >= 4 is 34.9 Å². The zero-order valence-electron chi connectivity index (χ0n) is 19.2. The van der Waals surface area contributed by atoms with E-state index in [0.29, 0.717) is 35.1 Å². The van der Waals surface area contributed by atoms with Crippen LogP contribution in [0.2, 0.25) is 10.0 Å². The van der Waals surface area contributed by atoms with Crippen LogP contribution in [0.3, 0.4) is 0 Å². The van der Waals surface area contributed by atoms with Gasteiger partial charge in [0.25, 0.3) is 5.91 Å². The Kier molecular flexibility index (Phi) is 6.73. The molecule has 8 heteroatoms. The first-order chi connectivity index (χ1) is 16.5. The fraction of sp³-hybridized carbons (Fsp3) is 0.346. The van der Waals surface area contributed by atoms with Crippen molar-refractivity contribution in [1.82, 2.24) is 19.8 Å². The summed E-state index contributed by atoms with van der Waals surface area (Å²) in [6.45, 7) is 8.11. The second-order valence-electron chi connectivity index (χ2n) is 8.72. The number of hydrogen-bond donors (Lipinski definition) is 0. The van der Waals surface area contributed by atoms with E-state index in [1.165, 1.54) is 0 Å². The number of rotatable bonds is 4. The molecule has 0 atom stereocenters. The quantitative estimate of drug-likeness (QED) is 0.520. The van der Waals surface area contributed by atoms with Crippen molar-refractivity contribution in [3.63, 3.8) is 0 Å². The normalized spacial score (nSPS) is 16.4. The molecule has 3 heterocycles. The van der Waals surface area contributed by atoms with Crippen molar-refractivity contribution in [2.75, 3.05) is 44.2 Å². The van der Waals surface area contributed by atoms with Gasteiger partial charge in [0.1, 0.15) is 5.82 Å². The number of halogens is 2. The van der Waals surface area contributed by atoms with Crippen molar-refractivity contribution in [3.8, 4) is 11.4 Å². The fourth-order valence-electron chi connectivity index (χ4n) is 4.68. The van der Waals surface area contributed by atoms with Gasteiger partial charge in [0, 0.05) is 65.9 Å². The summed E-state index contributed by atoms with van der Waals surface area (Å²) >= 11 is 12.3. The Labute approximate surface area is 210 Å². The Hall–Kier alpha value is -2.67. The summed E-state index contributed by atoms with van der Waals surface area (Å²) in [6.07, 6.45) is 0.680. The summed E-state index contributed by atoms with van der Waals surface area (Å²) in [6, 6.07) is 15.1. The second kappa shape index (κ2) is 9.90. The molecule has 6 nitrogen and oxygen atoms in total. The van der Waals surface area contributed by atoms with Crippen LogP contribution in [0.5, 0.6) is 0 Å². The molecule has 1 fully saturated rings. The molecule has 1 amide bonds. The van der Waals surface area contributed by atoms with E-state index in [1.807, 2.05) is 35.2 Å². The van der Waals surface area contributed by atoms with Gasteiger partial charge in [-0.3, -0.25) is 4.79 Å². The maximum absolute atomic E-state index is 13.3. The monoisotopic (exact) mass is 495 g/mol. The molecule has 0 radical (unpaired) electrons. The second-order valence-corrected chi connectivity index (χ2v) is 9.59. The standard InChI is InChI=1S/C26H27Cl2N5O/c1-2-31-10-12-32(13-11-31)25-22-17-33(26(34)19-14-20(27)16-21(28)15-19)9-8-23(22)29-24(30-25)18-6-4-3-5-7-18/h3-7,14-16H,2,8-13,17H2,1H3. The summed E-state index contributed by atoms with van der Waals surface area (Å²) in [5.74, 6) is 1.61. The minimum absolute atomic E-state index is 0.0797. The first-order valence-electron chi connectivity index (χ1n) is 11.7. The van der Waals surface area contributed by atoms with Crippen LogP contribution in [0.15, 0.2) is 48.5 Å². The molecule has 3 aromatic rings. The van der Waals surface area contributed by atoms with Crippen LogP contribution in [0.25, 0.3) is 11.4 Å². The van der Waals surface area contributed by atoms with Crippen molar-refractivity contribution < 1.29 is 4.79 Å². The Morgan fingerprint density at radius 3 is 2.32 bits per heavy atom. The average Bonchev–Trinajstić information content (AvgIpc) is 2.87. The Balaban J connectivity index is 1.50. The zero-order chi connectivity index (χ0) is 23.7. The third-order valence-corrected chi connectivity index (χ3v) is 7.02. The van der Waals surface area contributed by atoms with Crippen LogP contribution in [-0.4, -0.2) is 64.9 Å². The third kappa shape index (κ3) is 4.76. The molecular formula is C26H27Cl2N5O. The molecule has 0 unspecified atom stereocenters. The fourth-order valence-corrected chi connectivity index (χ4v) is 5.21. The highest BCUT2D eigenvalue weighted by Crippen LogP contribution is 2.31. The molecule has 2 aromatic carbocycles. The Morgan fingerprint density at radius 2 is 1.65 bits per heavy atom. The summed E-state index contributed by atoms with van der Waals surface area (Å²) in [4.78, 5) is 29.9. The summed E-state index contributed by atoms with van der Waals surface area (Å²) in [5, 5.41) is 0.914. The molecule has 2 aliphatic heterocycles. The van der Waals surface area contributed by atoms with E-state index in [4.69, 9.17) is 33.2 Å². The lowest BCUT2D eigenvalue weighted by Gasteiger charge is -2.38. The maximum atomic E-state index is 13.3. The highest BCUT2D eigenvalue weighted by Gasteiger charge is 2.29. The lowest BCUT2D eigenvalue weighted by atomic mass is 10.0. The number of fused-ring (bicyclic) bond motifs is 1. The number of carbonyl (C=O) groups is 1. The number of nitrogens with zero attached hydrogens (tertiary/aromatic N) is 5. The molecule has 0 saturated carbocycles. The van der Waals surface area contributed by atoms with Crippen LogP contribution in [-0.2, 0) is 13.0 Å². The lowest BCUT2D eigenvalue weighted by molar-refractivity contribution is 0.0733. The average molecular weight is 496 g/mol. The van der Waals surface area contributed by atoms with Crippen molar-refractivity contribution in [2.24, 2.45) is 0 Å². The lowest BCUT2D eigenvalue weighted by Crippen LogP contribution is -2.47. The highest BCUT2D eigenvalue weighted by atomic mass is 35.5. The smallest absolute Gasteiger partial charge is 0.254 e. The van der Waals surface area contributed by atoms with Gasteiger partial charge in [-0.25, -0.2) is 9.97 Å². The summed E-state index contributed by atoms with van der Waals surface area (Å²) in [5.41, 5.74) is 3.57. The van der Waals surface area contributed by atoms with E-state index in [0.717, 1.165) is 61.2 Å². The van der Waals surface area contributed by atoms with Crippen molar-refractivity contribution in [2.45, 2.75) is 19.9 Å². The van der Waals surface area contributed by atoms with Crippen molar-refractivity contribution in [1.29, 1.82) is 0 Å². The topological polar surface area (TPSA) is 52.6 Å². The van der Waals surface area contributed by atoms with Gasteiger partial charge in [0.05, 0.1) is 12.2 Å². The van der Waals surface area contributed by atoms with Gasteiger partial charge in [0.15, 0.2) is 5.82 Å². The van der Waals surface area contributed by atoms with E-state index in [9.17, 15) is 4.79 Å². The third-order valence-electron chi connectivity index (χ3n) is 6.59. The number of anilines is 1. The van der Waals surface area contributed by atoms with Gasteiger partial charge in [0.2, 0.25) is 0 Å². The number of likely N-dealkylation sites (N-methyl/N-ethyl adjacent to an activating group) is 1. The Bertz CT molecular complexity index is 1180. The molecule has 1 aromatic heterocycles. The van der Waals surface area contributed by atoms with Crippen LogP contribution in [0.4, 0.5) is 5.82 Å². The first-order valence-corrected chi connectivity index (χ1v) is 12.5. The number of piperazine rings is 1. The molecule has 2 aliphatic rings. The highest BCUT2D eigenvalue weighted by molar-refractivity contribution is 6.35. The van der Waals surface area contributed by atoms with E-state index in [2.05, 4.69) is 16.7 Å². The van der Waals surface area contributed by atoms with Gasteiger partial charge in [-0.15, -0.1) is 0 Å². The first kappa shape index (κ1) is 23.1. The number of carbonyl (C=O) groups excluding carboxylic acids is 1. The number of hydrogen-bond acceptors (Lipinski definition) is 5.